The molecule has 4 aliphatic heterocycles. The fraction of sp³-hybridized carbons (Fsp3) is 0.629. The number of carbonyl (C=O) groups is 1. The summed E-state index contributed by atoms with van der Waals surface area (Å²) in [5.74, 6) is 0. The molecule has 0 atom stereocenters. The molecule has 6 rings (SSSR count). The van der Waals surface area contributed by atoms with Crippen LogP contribution in [0.15, 0.2) is 36.4 Å². The van der Waals surface area contributed by atoms with Gasteiger partial charge in [-0.2, -0.15) is 0 Å². The van der Waals surface area contributed by atoms with Gasteiger partial charge in [-0.25, -0.2) is 4.79 Å². The van der Waals surface area contributed by atoms with Crippen molar-refractivity contribution in [2.45, 2.75) is 65.1 Å². The summed E-state index contributed by atoms with van der Waals surface area (Å²) in [5, 5.41) is 5.16. The molecule has 10 heteroatoms. The van der Waals surface area contributed by atoms with Crippen molar-refractivity contribution < 1.29 is 9.53 Å². The minimum absolute atomic E-state index is 0.215. The number of hydrogen-bond donors (Lipinski definition) is 1. The molecule has 0 aromatic heterocycles. The molecule has 2 aromatic carbocycles. The van der Waals surface area contributed by atoms with E-state index in [-0.39, 0.29) is 6.09 Å². The first kappa shape index (κ1) is 34.1. The molecule has 4 saturated heterocycles. The second-order valence-corrected chi connectivity index (χ2v) is 14.4. The monoisotopic (exact) mass is 658 g/mol. The second kappa shape index (κ2) is 16.1. The Labute approximate surface area is 280 Å². The maximum atomic E-state index is 12.2. The predicted octanol–water partition coefficient (Wildman–Crippen LogP) is 6.34. The highest BCUT2D eigenvalue weighted by Crippen LogP contribution is 2.32. The van der Waals surface area contributed by atoms with Crippen LogP contribution in [0.5, 0.6) is 0 Å². The van der Waals surface area contributed by atoms with Gasteiger partial charge in [0.1, 0.15) is 5.60 Å². The van der Waals surface area contributed by atoms with Crippen LogP contribution in [0.1, 0.15) is 57.6 Å². The van der Waals surface area contributed by atoms with Crippen molar-refractivity contribution in [2.75, 3.05) is 88.3 Å². The van der Waals surface area contributed by atoms with E-state index in [2.05, 4.69) is 43.1 Å². The van der Waals surface area contributed by atoms with E-state index in [1.165, 1.54) is 61.3 Å². The first-order valence-electron chi connectivity index (χ1n) is 16.9. The van der Waals surface area contributed by atoms with Gasteiger partial charge >= 0.3 is 6.09 Å². The third-order valence-electron chi connectivity index (χ3n) is 9.08. The summed E-state index contributed by atoms with van der Waals surface area (Å²) in [6, 6.07) is 12.5. The molecular formula is C35H52Cl2N6O2. The van der Waals surface area contributed by atoms with Crippen molar-refractivity contribution in [3.05, 3.63) is 57.6 Å². The van der Waals surface area contributed by atoms with Crippen molar-refractivity contribution in [1.82, 2.24) is 20.0 Å². The third-order valence-corrected chi connectivity index (χ3v) is 9.79. The Morgan fingerprint density at radius 1 is 0.689 bits per heavy atom. The van der Waals surface area contributed by atoms with Gasteiger partial charge in [0.15, 0.2) is 0 Å². The molecule has 248 valence electrons. The zero-order valence-corrected chi connectivity index (χ0v) is 29.0. The fourth-order valence-electron chi connectivity index (χ4n) is 6.65. The van der Waals surface area contributed by atoms with E-state index in [0.29, 0.717) is 13.1 Å². The van der Waals surface area contributed by atoms with E-state index in [0.717, 1.165) is 75.5 Å². The smallest absolute Gasteiger partial charge is 0.410 e. The molecule has 8 nitrogen and oxygen atoms in total. The van der Waals surface area contributed by atoms with Crippen LogP contribution in [0.25, 0.3) is 0 Å². The van der Waals surface area contributed by atoms with Gasteiger partial charge in [0.25, 0.3) is 0 Å². The Morgan fingerprint density at radius 2 is 1.13 bits per heavy atom. The number of benzene rings is 2. The Kier molecular flexibility index (Phi) is 12.2. The molecule has 0 spiro atoms. The van der Waals surface area contributed by atoms with Crippen molar-refractivity contribution in [3.8, 4) is 0 Å². The van der Waals surface area contributed by atoms with E-state index >= 15 is 0 Å². The van der Waals surface area contributed by atoms with Crippen molar-refractivity contribution >= 4 is 40.7 Å². The van der Waals surface area contributed by atoms with Crippen LogP contribution in [0.2, 0.25) is 10.0 Å². The Morgan fingerprint density at radius 3 is 1.58 bits per heavy atom. The molecule has 45 heavy (non-hydrogen) atoms. The number of carbonyl (C=O) groups excluding carboxylic acids is 1. The van der Waals surface area contributed by atoms with Crippen molar-refractivity contribution in [3.63, 3.8) is 0 Å². The van der Waals surface area contributed by atoms with E-state index in [9.17, 15) is 4.79 Å². The van der Waals surface area contributed by atoms with Gasteiger partial charge < -0.3 is 24.8 Å². The van der Waals surface area contributed by atoms with Crippen LogP contribution in [-0.4, -0.2) is 105 Å². The molecule has 4 aliphatic rings. The van der Waals surface area contributed by atoms with Crippen molar-refractivity contribution in [1.29, 1.82) is 0 Å². The molecule has 4 fully saturated rings. The molecule has 0 aliphatic carbocycles. The lowest BCUT2D eigenvalue weighted by Crippen LogP contribution is -2.49. The van der Waals surface area contributed by atoms with Gasteiger partial charge in [-0.05, 0) is 70.7 Å². The average Bonchev–Trinajstić information content (AvgIpc) is 3.75. The number of rotatable bonds is 6. The number of nitrogens with one attached hydrogen (secondary N) is 1. The summed E-state index contributed by atoms with van der Waals surface area (Å²) in [7, 11) is 0. The number of piperazine rings is 2. The first-order chi connectivity index (χ1) is 21.7. The summed E-state index contributed by atoms with van der Waals surface area (Å²) in [4.78, 5) is 23.8. The lowest BCUT2D eigenvalue weighted by Gasteiger charge is -2.36. The number of halogens is 2. The number of hydrogen-bond acceptors (Lipinski definition) is 7. The predicted molar refractivity (Wildman–Crippen MR) is 187 cm³/mol. The summed E-state index contributed by atoms with van der Waals surface area (Å²) < 4.78 is 5.48. The summed E-state index contributed by atoms with van der Waals surface area (Å²) in [5.41, 5.74) is 4.69. The lowest BCUT2D eigenvalue weighted by molar-refractivity contribution is 0.0139. The Balaban J connectivity index is 0.000000186. The SMILES string of the molecule is CC(C)(C)OC(=O)N1CCN(Cc2c(Cl)cccc2N2CCCC2)CC1.Clc1cccc(N2CCCC2)c1CN1CCNCC1. The first-order valence-corrected chi connectivity index (χ1v) is 17.6. The maximum absolute atomic E-state index is 12.2. The second-order valence-electron chi connectivity index (χ2n) is 13.6. The molecule has 2 aromatic rings. The van der Waals surface area contributed by atoms with Gasteiger partial charge in [0, 0.05) is 124 Å². The van der Waals surface area contributed by atoms with E-state index in [1.54, 1.807) is 4.90 Å². The van der Waals surface area contributed by atoms with Gasteiger partial charge in [-0.15, -0.1) is 0 Å². The average molecular weight is 660 g/mol. The largest absolute Gasteiger partial charge is 0.444 e. The summed E-state index contributed by atoms with van der Waals surface area (Å²) in [6.07, 6.45) is 4.90. The molecule has 4 heterocycles. The number of anilines is 2. The molecule has 1 N–H and O–H groups in total. The van der Waals surface area contributed by atoms with Gasteiger partial charge in [-0.3, -0.25) is 9.80 Å². The minimum atomic E-state index is -0.448. The van der Waals surface area contributed by atoms with Crippen LogP contribution in [0, 0.1) is 0 Å². The maximum Gasteiger partial charge on any atom is 0.410 e. The fourth-order valence-corrected chi connectivity index (χ4v) is 7.11. The van der Waals surface area contributed by atoms with Gasteiger partial charge in [0.2, 0.25) is 0 Å². The number of ether oxygens (including phenoxy) is 1. The topological polar surface area (TPSA) is 54.5 Å². The van der Waals surface area contributed by atoms with Crippen LogP contribution >= 0.6 is 23.2 Å². The summed E-state index contributed by atoms with van der Waals surface area (Å²) in [6.45, 7) is 19.5. The molecule has 0 unspecified atom stereocenters. The molecule has 0 bridgehead atoms. The van der Waals surface area contributed by atoms with E-state index in [1.807, 2.05) is 39.0 Å². The van der Waals surface area contributed by atoms with Crippen LogP contribution in [0.4, 0.5) is 16.2 Å². The van der Waals surface area contributed by atoms with Crippen LogP contribution < -0.4 is 15.1 Å². The third kappa shape index (κ3) is 9.64. The van der Waals surface area contributed by atoms with E-state index in [4.69, 9.17) is 27.9 Å². The Hall–Kier alpha value is -2.23. The van der Waals surface area contributed by atoms with E-state index < -0.39 is 5.60 Å². The van der Waals surface area contributed by atoms with Gasteiger partial charge in [-0.1, -0.05) is 35.3 Å². The van der Waals surface area contributed by atoms with Crippen LogP contribution in [-0.2, 0) is 17.8 Å². The zero-order chi connectivity index (χ0) is 31.8. The summed E-state index contributed by atoms with van der Waals surface area (Å²) >= 11 is 13.0. The normalized spacial score (nSPS) is 19.9. The lowest BCUT2D eigenvalue weighted by atomic mass is 10.1. The Bertz CT molecular complexity index is 1250. The van der Waals surface area contributed by atoms with Crippen LogP contribution in [0.3, 0.4) is 0 Å². The van der Waals surface area contributed by atoms with Crippen molar-refractivity contribution in [2.24, 2.45) is 0 Å². The standard InChI is InChI=1S/C20H30ClN3O2.C15H22ClN3/c1-20(2,3)26-19(25)24-13-11-22(12-14-24)15-16-17(21)7-6-8-18(16)23-9-4-5-10-23;16-14-4-3-5-15(19-8-1-2-9-19)13(14)12-18-10-6-17-7-11-18/h6-8H,4-5,9-15H2,1-3H3;3-5,17H,1-2,6-12H2. The van der Waals surface area contributed by atoms with Gasteiger partial charge in [0.05, 0.1) is 0 Å². The number of amides is 1. The molecular weight excluding hydrogens is 607 g/mol. The quantitative estimate of drug-likeness (QED) is 0.389. The molecule has 0 saturated carbocycles. The molecule has 1 amide bonds. The highest BCUT2D eigenvalue weighted by Gasteiger charge is 2.27. The highest BCUT2D eigenvalue weighted by atomic mass is 35.5. The highest BCUT2D eigenvalue weighted by molar-refractivity contribution is 6.32. The number of nitrogens with zero attached hydrogens (tertiary/aromatic N) is 5. The zero-order valence-electron chi connectivity index (χ0n) is 27.5. The minimum Gasteiger partial charge on any atom is -0.444 e. The molecule has 0 radical (unpaired) electrons.